The minimum Gasteiger partial charge on any atom is -0.497 e. The number of nitrogens with zero attached hydrogens (tertiary/aromatic N) is 1. The summed E-state index contributed by atoms with van der Waals surface area (Å²) in [4.78, 5) is 42.6. The second kappa shape index (κ2) is 21.1. The SMILES string of the molecule is [2H]C(CCC)(CCC)S(=O)(=O)C[C@H](NC(=O)c1ccc(OC)cc1)C(=O)N[C@@H](Cc1cc(F)cc(F)c1)[C@H](O)CN(Cc1cccc(CC)c1)C(=O)OC(C)(C)C. The van der Waals surface area contributed by atoms with Crippen molar-refractivity contribution in [2.75, 3.05) is 19.4 Å². The number of aryl methyl sites for hydroxylation is 1. The van der Waals surface area contributed by atoms with Gasteiger partial charge in [-0.15, -0.1) is 0 Å². The molecule has 308 valence electrons. The standard InChI is InChI=1S/C42H57F2N3O8S/c1-8-12-35(13-9-2)56(52,53)27-37(46-39(49)31-16-18-34(54-7)19-17-31)40(50)45-36(23-30-21-32(43)24-33(44)22-30)38(48)26-47(41(51)55-42(4,5)6)25-29-15-11-14-28(10-3)20-29/h11,14-22,24,35-38,48H,8-10,12-13,23,25-27H2,1-7H3,(H,45,50)(H,46,49)/t36-,37-,38+/m0/s1/i35D. The molecule has 3 amide bonds. The molecule has 3 N–H and O–H groups in total. The molecule has 0 unspecified atom stereocenters. The van der Waals surface area contributed by atoms with Crippen LogP contribution in [0, 0.1) is 11.6 Å². The Kier molecular flexibility index (Phi) is 16.6. The zero-order valence-electron chi connectivity index (χ0n) is 34.4. The number of benzene rings is 3. The summed E-state index contributed by atoms with van der Waals surface area (Å²) in [6.07, 6.45) is -1.33. The molecule has 11 nitrogen and oxygen atoms in total. The molecule has 0 saturated heterocycles. The van der Waals surface area contributed by atoms with E-state index in [1.165, 1.54) is 36.3 Å². The summed E-state index contributed by atoms with van der Waals surface area (Å²) in [5.74, 6) is -4.18. The van der Waals surface area contributed by atoms with Crippen LogP contribution < -0.4 is 15.4 Å². The van der Waals surface area contributed by atoms with Crippen LogP contribution >= 0.6 is 0 Å². The Morgan fingerprint density at radius 2 is 1.50 bits per heavy atom. The quantitative estimate of drug-likeness (QED) is 0.117. The molecule has 3 rings (SSSR count). The number of carbonyl (C=O) groups excluding carboxylic acids is 3. The lowest BCUT2D eigenvalue weighted by Crippen LogP contribution is -2.57. The van der Waals surface area contributed by atoms with E-state index in [4.69, 9.17) is 10.8 Å². The first-order valence-corrected chi connectivity index (χ1v) is 20.5. The molecule has 3 atom stereocenters. The van der Waals surface area contributed by atoms with Crippen LogP contribution in [0.1, 0.15) is 95.6 Å². The van der Waals surface area contributed by atoms with Crippen molar-refractivity contribution in [3.8, 4) is 5.75 Å². The summed E-state index contributed by atoms with van der Waals surface area (Å²) < 4.78 is 76.5. The number of methoxy groups -OCH3 is 1. The summed E-state index contributed by atoms with van der Waals surface area (Å²) in [6, 6.07) is 12.9. The smallest absolute Gasteiger partial charge is 0.410 e. The third-order valence-corrected chi connectivity index (χ3v) is 10.9. The van der Waals surface area contributed by atoms with Crippen LogP contribution in [-0.4, -0.2) is 84.8 Å². The van der Waals surface area contributed by atoms with E-state index in [1.807, 2.05) is 25.1 Å². The van der Waals surface area contributed by atoms with Crippen LogP contribution in [0.4, 0.5) is 13.6 Å². The molecule has 0 spiro atoms. The van der Waals surface area contributed by atoms with Gasteiger partial charge in [-0.2, -0.15) is 0 Å². The molecule has 0 aliphatic rings. The number of sulfone groups is 1. The van der Waals surface area contributed by atoms with Crippen LogP contribution in [0.25, 0.3) is 0 Å². The molecule has 0 aromatic heterocycles. The number of aliphatic hydroxyl groups excluding tert-OH is 1. The summed E-state index contributed by atoms with van der Waals surface area (Å²) in [5, 5.41) is 15.0. The lowest BCUT2D eigenvalue weighted by atomic mass is 9.99. The van der Waals surface area contributed by atoms with Crippen molar-refractivity contribution < 1.29 is 47.5 Å². The van der Waals surface area contributed by atoms with Gasteiger partial charge in [-0.05, 0) is 99.5 Å². The third-order valence-electron chi connectivity index (χ3n) is 8.86. The largest absolute Gasteiger partial charge is 0.497 e. The molecule has 56 heavy (non-hydrogen) atoms. The fourth-order valence-corrected chi connectivity index (χ4v) is 8.04. The van der Waals surface area contributed by atoms with Crippen LogP contribution in [0.3, 0.4) is 0 Å². The van der Waals surface area contributed by atoms with Gasteiger partial charge < -0.3 is 30.1 Å². The number of carbonyl (C=O) groups is 3. The van der Waals surface area contributed by atoms with Crippen molar-refractivity contribution in [1.82, 2.24) is 15.5 Å². The Labute approximate surface area is 331 Å². The molecule has 3 aromatic carbocycles. The summed E-state index contributed by atoms with van der Waals surface area (Å²) >= 11 is 0. The Bertz CT molecular complexity index is 1900. The van der Waals surface area contributed by atoms with Gasteiger partial charge in [0.05, 0.1) is 36.8 Å². The topological polar surface area (TPSA) is 151 Å². The Morgan fingerprint density at radius 1 is 0.893 bits per heavy atom. The van der Waals surface area contributed by atoms with Gasteiger partial charge >= 0.3 is 6.09 Å². The van der Waals surface area contributed by atoms with Crippen molar-refractivity contribution >= 4 is 27.7 Å². The average molecular weight is 803 g/mol. The molecule has 0 radical (unpaired) electrons. The molecule has 0 aliphatic heterocycles. The first-order valence-electron chi connectivity index (χ1n) is 19.4. The normalized spacial score (nSPS) is 13.9. The van der Waals surface area contributed by atoms with Crippen molar-refractivity contribution in [3.05, 3.63) is 101 Å². The molecule has 0 heterocycles. The number of halogens is 2. The maximum Gasteiger partial charge on any atom is 0.410 e. The minimum atomic E-state index is -4.40. The lowest BCUT2D eigenvalue weighted by molar-refractivity contribution is -0.124. The average Bonchev–Trinajstić information content (AvgIpc) is 3.13. The predicted octanol–water partition coefficient (Wildman–Crippen LogP) is 6.54. The van der Waals surface area contributed by atoms with Crippen molar-refractivity contribution in [3.63, 3.8) is 0 Å². The van der Waals surface area contributed by atoms with Crippen LogP contribution in [0.15, 0.2) is 66.7 Å². The first-order chi connectivity index (χ1) is 26.7. The third kappa shape index (κ3) is 14.5. The number of hydrogen-bond donors (Lipinski definition) is 3. The van der Waals surface area contributed by atoms with Gasteiger partial charge in [0.1, 0.15) is 29.0 Å². The molecular weight excluding hydrogens is 745 g/mol. The van der Waals surface area contributed by atoms with E-state index in [0.29, 0.717) is 24.7 Å². The lowest BCUT2D eigenvalue weighted by Gasteiger charge is -2.33. The summed E-state index contributed by atoms with van der Waals surface area (Å²) in [5.41, 5.74) is 0.935. The van der Waals surface area contributed by atoms with Crippen molar-refractivity contribution in [1.29, 1.82) is 0 Å². The van der Waals surface area contributed by atoms with Gasteiger partial charge in [0, 0.05) is 19.5 Å². The maximum absolute atomic E-state index is 14.4. The summed E-state index contributed by atoms with van der Waals surface area (Å²) in [6.45, 7) is 10.1. The highest BCUT2D eigenvalue weighted by atomic mass is 32.2. The van der Waals surface area contributed by atoms with Gasteiger partial charge in [-0.25, -0.2) is 22.0 Å². The van der Waals surface area contributed by atoms with Crippen molar-refractivity contribution in [2.45, 2.75) is 116 Å². The summed E-state index contributed by atoms with van der Waals surface area (Å²) in [7, 11) is -2.96. The second-order valence-electron chi connectivity index (χ2n) is 14.8. The van der Waals surface area contributed by atoms with Crippen LogP contribution in [0.2, 0.25) is 0 Å². The van der Waals surface area contributed by atoms with E-state index < -0.39 is 80.7 Å². The maximum atomic E-state index is 14.4. The van der Waals surface area contributed by atoms with Gasteiger partial charge in [0.2, 0.25) is 5.91 Å². The molecule has 14 heteroatoms. The zero-order chi connectivity index (χ0) is 42.6. The first kappa shape index (κ1) is 44.2. The van der Waals surface area contributed by atoms with E-state index >= 15 is 0 Å². The molecule has 0 bridgehead atoms. The van der Waals surface area contributed by atoms with Gasteiger partial charge in [0.25, 0.3) is 5.91 Å². The zero-order valence-corrected chi connectivity index (χ0v) is 34.2. The van der Waals surface area contributed by atoms with E-state index in [-0.39, 0.29) is 36.9 Å². The van der Waals surface area contributed by atoms with Crippen molar-refractivity contribution in [2.24, 2.45) is 0 Å². The van der Waals surface area contributed by atoms with E-state index in [0.717, 1.165) is 29.7 Å². The van der Waals surface area contributed by atoms with Gasteiger partial charge in [0.15, 0.2) is 9.84 Å². The number of hydrogen-bond acceptors (Lipinski definition) is 8. The number of rotatable bonds is 20. The molecule has 0 aliphatic carbocycles. The predicted molar refractivity (Wildman–Crippen MR) is 212 cm³/mol. The van der Waals surface area contributed by atoms with E-state index in [9.17, 15) is 36.7 Å². The molecule has 0 fully saturated rings. The highest BCUT2D eigenvalue weighted by Crippen LogP contribution is 2.20. The van der Waals surface area contributed by atoms with E-state index in [2.05, 4.69) is 10.6 Å². The number of nitrogens with one attached hydrogen (secondary N) is 2. The monoisotopic (exact) mass is 802 g/mol. The van der Waals surface area contributed by atoms with Gasteiger partial charge in [-0.3, -0.25) is 9.59 Å². The second-order valence-corrected chi connectivity index (χ2v) is 16.9. The molecule has 3 aromatic rings. The highest BCUT2D eigenvalue weighted by Gasteiger charge is 2.35. The van der Waals surface area contributed by atoms with Crippen LogP contribution in [-0.2, 0) is 38.8 Å². The molecular formula is C42H57F2N3O8S. The number of amides is 3. The Balaban J connectivity index is 2.07. The fourth-order valence-electron chi connectivity index (χ4n) is 6.10. The number of ether oxygens (including phenoxy) is 2. The van der Waals surface area contributed by atoms with E-state index in [1.54, 1.807) is 40.7 Å². The Hall–Kier alpha value is -4.56. The Morgan fingerprint density at radius 3 is 2.05 bits per heavy atom. The highest BCUT2D eigenvalue weighted by molar-refractivity contribution is 7.92. The fraction of sp³-hybridized carbons (Fsp3) is 0.500. The minimum absolute atomic E-state index is 0.00565. The van der Waals surface area contributed by atoms with Gasteiger partial charge in [-0.1, -0.05) is 57.9 Å². The van der Waals surface area contributed by atoms with Crippen LogP contribution in [0.5, 0.6) is 5.75 Å². The molecule has 0 saturated carbocycles. The number of aliphatic hydroxyl groups is 1.